The van der Waals surface area contributed by atoms with Crippen molar-refractivity contribution >= 4 is 50.4 Å². The highest BCUT2D eigenvalue weighted by molar-refractivity contribution is 7.17. The molecule has 1 aromatic heterocycles. The monoisotopic (exact) mass is 306 g/mol. The first kappa shape index (κ1) is 12.7. The van der Waals surface area contributed by atoms with Crippen LogP contribution in [-0.2, 0) is 0 Å². The summed E-state index contributed by atoms with van der Waals surface area (Å²) in [6.45, 7) is 0. The van der Waals surface area contributed by atoms with Crippen LogP contribution in [0.5, 0.6) is 0 Å². The highest BCUT2D eigenvalue weighted by atomic mass is 35.5. The van der Waals surface area contributed by atoms with Crippen molar-refractivity contribution in [2.24, 2.45) is 0 Å². The Hall–Kier alpha value is -1.35. The molecular weight excluding hydrogens is 299 g/mol. The number of halogens is 2. The largest absolute Gasteiger partial charge is 0.289 e. The van der Waals surface area contributed by atoms with E-state index in [2.05, 4.69) is 0 Å². The minimum absolute atomic E-state index is 0.0743. The van der Waals surface area contributed by atoms with Gasteiger partial charge in [0.15, 0.2) is 5.78 Å². The Morgan fingerprint density at radius 3 is 2.63 bits per heavy atom. The smallest absolute Gasteiger partial charge is 0.195 e. The molecule has 0 bridgehead atoms. The van der Waals surface area contributed by atoms with Crippen LogP contribution in [0.3, 0.4) is 0 Å². The van der Waals surface area contributed by atoms with E-state index in [1.807, 2.05) is 29.6 Å². The molecule has 1 nitrogen and oxygen atoms in total. The van der Waals surface area contributed by atoms with E-state index in [4.69, 9.17) is 23.2 Å². The summed E-state index contributed by atoms with van der Waals surface area (Å²) in [4.78, 5) is 12.6. The van der Waals surface area contributed by atoms with Crippen LogP contribution < -0.4 is 0 Å². The lowest BCUT2D eigenvalue weighted by atomic mass is 10.0. The molecule has 1 heterocycles. The summed E-state index contributed by atoms with van der Waals surface area (Å²) in [6, 6.07) is 12.6. The molecule has 0 N–H and O–H groups in total. The average molecular weight is 307 g/mol. The zero-order valence-corrected chi connectivity index (χ0v) is 12.0. The van der Waals surface area contributed by atoms with E-state index in [9.17, 15) is 4.79 Å². The van der Waals surface area contributed by atoms with E-state index in [-0.39, 0.29) is 5.78 Å². The first-order valence-electron chi connectivity index (χ1n) is 5.63. The van der Waals surface area contributed by atoms with Crippen molar-refractivity contribution in [2.45, 2.75) is 0 Å². The highest BCUT2D eigenvalue weighted by Gasteiger charge is 2.16. The van der Waals surface area contributed by atoms with Crippen LogP contribution in [0.25, 0.3) is 10.1 Å². The van der Waals surface area contributed by atoms with Crippen molar-refractivity contribution in [2.75, 3.05) is 0 Å². The van der Waals surface area contributed by atoms with Crippen LogP contribution in [0.2, 0.25) is 10.0 Å². The third-order valence-corrected chi connectivity index (χ3v) is 4.41. The van der Waals surface area contributed by atoms with Gasteiger partial charge in [-0.05, 0) is 41.1 Å². The van der Waals surface area contributed by atoms with Gasteiger partial charge >= 0.3 is 0 Å². The zero-order valence-electron chi connectivity index (χ0n) is 9.69. The first-order chi connectivity index (χ1) is 9.16. The van der Waals surface area contributed by atoms with Crippen molar-refractivity contribution in [1.29, 1.82) is 0 Å². The molecule has 0 aliphatic carbocycles. The standard InChI is InChI=1S/C15H8Cl2OS/c16-10-4-5-11(13(17)8-10)14(18)12-3-1-2-9-6-7-19-15(9)12/h1-8H. The fraction of sp³-hybridized carbons (Fsp3) is 0. The molecule has 94 valence electrons. The number of thiophene rings is 1. The van der Waals surface area contributed by atoms with Crippen LogP contribution in [-0.4, -0.2) is 5.78 Å². The second kappa shape index (κ2) is 4.97. The Morgan fingerprint density at radius 2 is 1.84 bits per heavy atom. The Bertz CT molecular complexity index is 777. The highest BCUT2D eigenvalue weighted by Crippen LogP contribution is 2.29. The lowest BCUT2D eigenvalue weighted by Gasteiger charge is -2.05. The van der Waals surface area contributed by atoms with Crippen molar-refractivity contribution in [3.05, 3.63) is 69.0 Å². The summed E-state index contributed by atoms with van der Waals surface area (Å²) in [7, 11) is 0. The van der Waals surface area contributed by atoms with Gasteiger partial charge in [-0.25, -0.2) is 0 Å². The predicted octanol–water partition coefficient (Wildman–Crippen LogP) is 5.44. The number of hydrogen-bond donors (Lipinski definition) is 0. The summed E-state index contributed by atoms with van der Waals surface area (Å²) in [5.74, 6) is -0.0743. The van der Waals surface area contributed by atoms with E-state index in [0.29, 0.717) is 21.2 Å². The van der Waals surface area contributed by atoms with Crippen molar-refractivity contribution in [3.8, 4) is 0 Å². The summed E-state index contributed by atoms with van der Waals surface area (Å²) in [6.07, 6.45) is 0. The maximum atomic E-state index is 12.6. The maximum Gasteiger partial charge on any atom is 0.195 e. The molecule has 0 aliphatic heterocycles. The van der Waals surface area contributed by atoms with E-state index >= 15 is 0 Å². The molecule has 19 heavy (non-hydrogen) atoms. The number of fused-ring (bicyclic) bond motifs is 1. The van der Waals surface area contributed by atoms with Gasteiger partial charge < -0.3 is 0 Å². The lowest BCUT2D eigenvalue weighted by Crippen LogP contribution is -2.02. The Labute approximate surface area is 124 Å². The summed E-state index contributed by atoms with van der Waals surface area (Å²) in [5, 5.41) is 3.95. The second-order valence-electron chi connectivity index (χ2n) is 4.10. The molecule has 4 heteroatoms. The summed E-state index contributed by atoms with van der Waals surface area (Å²) in [5.41, 5.74) is 1.16. The molecule has 2 aromatic carbocycles. The second-order valence-corrected chi connectivity index (χ2v) is 5.86. The number of carbonyl (C=O) groups excluding carboxylic acids is 1. The average Bonchev–Trinajstić information content (AvgIpc) is 2.86. The third-order valence-electron chi connectivity index (χ3n) is 2.90. The van der Waals surface area contributed by atoms with E-state index in [0.717, 1.165) is 10.1 Å². The van der Waals surface area contributed by atoms with Crippen molar-refractivity contribution < 1.29 is 4.79 Å². The van der Waals surface area contributed by atoms with Gasteiger partial charge in [0.1, 0.15) is 0 Å². The predicted molar refractivity (Wildman–Crippen MR) is 81.7 cm³/mol. The molecular formula is C15H8Cl2OS. The fourth-order valence-electron chi connectivity index (χ4n) is 1.99. The minimum Gasteiger partial charge on any atom is -0.289 e. The van der Waals surface area contributed by atoms with Gasteiger partial charge in [-0.3, -0.25) is 4.79 Å². The molecule has 0 radical (unpaired) electrons. The minimum atomic E-state index is -0.0743. The summed E-state index contributed by atoms with van der Waals surface area (Å²) >= 11 is 13.5. The molecule has 0 unspecified atom stereocenters. The van der Waals surface area contributed by atoms with Crippen LogP contribution in [0.1, 0.15) is 15.9 Å². The molecule has 0 atom stereocenters. The molecule has 0 amide bonds. The van der Waals surface area contributed by atoms with E-state index in [1.165, 1.54) is 0 Å². The quantitative estimate of drug-likeness (QED) is 0.576. The fourth-order valence-corrected chi connectivity index (χ4v) is 3.40. The van der Waals surface area contributed by atoms with Crippen LogP contribution >= 0.6 is 34.5 Å². The number of hydrogen-bond acceptors (Lipinski definition) is 2. The lowest BCUT2D eigenvalue weighted by molar-refractivity contribution is 0.104. The zero-order chi connectivity index (χ0) is 13.4. The van der Waals surface area contributed by atoms with Crippen LogP contribution in [0.15, 0.2) is 47.8 Å². The topological polar surface area (TPSA) is 17.1 Å². The molecule has 0 saturated heterocycles. The molecule has 0 saturated carbocycles. The Kier molecular flexibility index (Phi) is 3.31. The van der Waals surface area contributed by atoms with Crippen molar-refractivity contribution in [1.82, 2.24) is 0 Å². The van der Waals surface area contributed by atoms with Crippen LogP contribution in [0, 0.1) is 0 Å². The van der Waals surface area contributed by atoms with Gasteiger partial charge in [0.05, 0.1) is 5.02 Å². The SMILES string of the molecule is O=C(c1ccc(Cl)cc1Cl)c1cccc2ccsc12. The van der Waals surface area contributed by atoms with E-state index < -0.39 is 0 Å². The number of carbonyl (C=O) groups is 1. The molecule has 0 fully saturated rings. The van der Waals surface area contributed by atoms with Gasteiger partial charge in [0.2, 0.25) is 0 Å². The third kappa shape index (κ3) is 2.27. The van der Waals surface area contributed by atoms with Gasteiger partial charge in [-0.2, -0.15) is 0 Å². The van der Waals surface area contributed by atoms with Gasteiger partial charge in [-0.15, -0.1) is 11.3 Å². The molecule has 0 spiro atoms. The number of benzene rings is 2. The van der Waals surface area contributed by atoms with Crippen molar-refractivity contribution in [3.63, 3.8) is 0 Å². The molecule has 3 rings (SSSR count). The van der Waals surface area contributed by atoms with Crippen LogP contribution in [0.4, 0.5) is 0 Å². The van der Waals surface area contributed by atoms with Gasteiger partial charge in [-0.1, -0.05) is 35.3 Å². The number of rotatable bonds is 2. The Morgan fingerprint density at radius 1 is 1.00 bits per heavy atom. The first-order valence-corrected chi connectivity index (χ1v) is 7.26. The molecule has 3 aromatic rings. The maximum absolute atomic E-state index is 12.6. The van der Waals surface area contributed by atoms with Gasteiger partial charge in [0.25, 0.3) is 0 Å². The Balaban J connectivity index is 2.16. The molecule has 0 aliphatic rings. The number of ketones is 1. The normalized spacial score (nSPS) is 10.8. The van der Waals surface area contributed by atoms with E-state index in [1.54, 1.807) is 29.5 Å². The summed E-state index contributed by atoms with van der Waals surface area (Å²) < 4.78 is 0.985. The van der Waals surface area contributed by atoms with Gasteiger partial charge in [0, 0.05) is 20.8 Å².